The summed E-state index contributed by atoms with van der Waals surface area (Å²) in [5.74, 6) is 0. The first-order valence-electron chi connectivity index (χ1n) is 4.95. The van der Waals surface area contributed by atoms with Crippen LogP contribution in [0.25, 0.3) is 0 Å². The van der Waals surface area contributed by atoms with Crippen LogP contribution in [-0.4, -0.2) is 31.5 Å². The minimum absolute atomic E-state index is 1.00. The Morgan fingerprint density at radius 3 is 1.07 bits per heavy atom. The van der Waals surface area contributed by atoms with Crippen molar-refractivity contribution in [3.63, 3.8) is 0 Å². The van der Waals surface area contributed by atoms with E-state index in [-0.39, 0.29) is 0 Å². The van der Waals surface area contributed by atoms with Crippen LogP contribution in [0.4, 0.5) is 0 Å². The molecule has 2 N–H and O–H groups in total. The highest BCUT2D eigenvalue weighted by atomic mass is 16.5. The van der Waals surface area contributed by atoms with Crippen molar-refractivity contribution in [2.45, 2.75) is 38.5 Å². The average molecular weight is 206 g/mol. The molecule has 1 aliphatic rings. The first kappa shape index (κ1) is 19.1. The highest BCUT2D eigenvalue weighted by Gasteiger charge is 1.95. The van der Waals surface area contributed by atoms with Gasteiger partial charge >= 0.3 is 0 Å². The summed E-state index contributed by atoms with van der Waals surface area (Å²) in [4.78, 5) is 0. The predicted molar refractivity (Wildman–Crippen MR) is 61.2 cm³/mol. The van der Waals surface area contributed by atoms with Crippen LogP contribution in [-0.2, 0) is 4.74 Å². The molecule has 0 bridgehead atoms. The molecule has 0 aromatic carbocycles. The third-order valence-electron chi connectivity index (χ3n) is 1.67. The van der Waals surface area contributed by atoms with E-state index in [0.717, 1.165) is 14.2 Å². The fourth-order valence-electron chi connectivity index (χ4n) is 1.06. The Morgan fingerprint density at radius 1 is 0.857 bits per heavy atom. The zero-order valence-electron chi connectivity index (χ0n) is 9.83. The van der Waals surface area contributed by atoms with Crippen LogP contribution < -0.4 is 0 Å². The Morgan fingerprint density at radius 2 is 1.00 bits per heavy atom. The Hall–Kier alpha value is -0.540. The Bertz CT molecular complexity index is 59.4. The summed E-state index contributed by atoms with van der Waals surface area (Å²) in [6, 6.07) is 0. The van der Waals surface area contributed by atoms with Gasteiger partial charge in [0.05, 0.1) is 13.4 Å². The summed E-state index contributed by atoms with van der Waals surface area (Å²) < 4.78 is 4.31. The van der Waals surface area contributed by atoms with Crippen LogP contribution in [0.5, 0.6) is 0 Å². The molecule has 0 unspecified atom stereocenters. The largest absolute Gasteiger partial charge is 0.505 e. The molecule has 14 heavy (non-hydrogen) atoms. The van der Waals surface area contributed by atoms with Crippen molar-refractivity contribution < 1.29 is 14.9 Å². The number of hydrogen-bond donors (Lipinski definition) is 2. The fourth-order valence-corrected chi connectivity index (χ4v) is 1.06. The van der Waals surface area contributed by atoms with Gasteiger partial charge in [-0.2, -0.15) is 0 Å². The maximum atomic E-state index is 7.00. The van der Waals surface area contributed by atoms with E-state index in [9.17, 15) is 0 Å². The summed E-state index contributed by atoms with van der Waals surface area (Å²) in [5, 5.41) is 14.0. The second-order valence-electron chi connectivity index (χ2n) is 2.52. The molecular weight excluding hydrogens is 180 g/mol. The summed E-state index contributed by atoms with van der Waals surface area (Å²) in [6.45, 7) is 3.26. The van der Waals surface area contributed by atoms with Gasteiger partial charge in [0.25, 0.3) is 0 Å². The van der Waals surface area contributed by atoms with Crippen molar-refractivity contribution in [3.8, 4) is 0 Å². The molecule has 0 radical (unpaired) electrons. The van der Waals surface area contributed by atoms with E-state index in [1.54, 1.807) is 7.11 Å². The van der Waals surface area contributed by atoms with Crippen LogP contribution in [0.3, 0.4) is 0 Å². The molecule has 0 aliphatic heterocycles. The van der Waals surface area contributed by atoms with Crippen molar-refractivity contribution in [2.75, 3.05) is 21.3 Å². The van der Waals surface area contributed by atoms with Gasteiger partial charge in [0.1, 0.15) is 0 Å². The van der Waals surface area contributed by atoms with Crippen LogP contribution in [0, 0.1) is 0 Å². The molecule has 0 spiro atoms. The predicted octanol–water partition coefficient (Wildman–Crippen LogP) is 2.33. The standard InChI is InChI=1S/C6H12.C3H6O.2CH4O/c1-2-4-6-5-3-1;1-3-4-2;2*1-2/h1-6H2;3H,1H2,2H3;2*2H,1H3. The lowest BCUT2D eigenvalue weighted by Crippen LogP contribution is -1.85. The third kappa shape index (κ3) is 30.0. The van der Waals surface area contributed by atoms with Gasteiger partial charge in [-0.15, -0.1) is 0 Å². The highest BCUT2D eigenvalue weighted by Crippen LogP contribution is 2.15. The Labute approximate surface area is 88.4 Å². The fraction of sp³-hybridized carbons (Fsp3) is 0.818. The molecular formula is C11H26O3. The minimum Gasteiger partial charge on any atom is -0.505 e. The second-order valence-corrected chi connectivity index (χ2v) is 2.52. The second kappa shape index (κ2) is 29.4. The van der Waals surface area contributed by atoms with Crippen LogP contribution >= 0.6 is 0 Å². The van der Waals surface area contributed by atoms with E-state index >= 15 is 0 Å². The van der Waals surface area contributed by atoms with Crippen molar-refractivity contribution in [1.82, 2.24) is 0 Å². The monoisotopic (exact) mass is 206 g/mol. The van der Waals surface area contributed by atoms with Crippen LogP contribution in [0.2, 0.25) is 0 Å². The number of aliphatic hydroxyl groups is 2. The van der Waals surface area contributed by atoms with E-state index < -0.39 is 0 Å². The molecule has 88 valence electrons. The molecule has 0 amide bonds. The van der Waals surface area contributed by atoms with E-state index in [2.05, 4.69) is 11.3 Å². The molecule has 1 aliphatic carbocycles. The smallest absolute Gasteiger partial charge is 0.0766 e. The lowest BCUT2D eigenvalue weighted by molar-refractivity contribution is 0.339. The molecule has 0 aromatic rings. The van der Waals surface area contributed by atoms with Crippen LogP contribution in [0.1, 0.15) is 38.5 Å². The zero-order valence-corrected chi connectivity index (χ0v) is 9.83. The summed E-state index contributed by atoms with van der Waals surface area (Å²) in [5.41, 5.74) is 0. The molecule has 0 saturated heterocycles. The van der Waals surface area contributed by atoms with Crippen molar-refractivity contribution >= 4 is 0 Å². The average Bonchev–Trinajstić information content (AvgIpc) is 2.36. The normalized spacial score (nSPS) is 12.6. The maximum Gasteiger partial charge on any atom is 0.0766 e. The molecule has 1 saturated carbocycles. The number of aliphatic hydroxyl groups excluding tert-OH is 2. The SMILES string of the molecule is C1CCCCC1.C=COC.CO.CO. The number of rotatable bonds is 1. The summed E-state index contributed by atoms with van der Waals surface area (Å²) >= 11 is 0. The molecule has 0 heterocycles. The molecule has 0 aromatic heterocycles. The molecule has 3 heteroatoms. The van der Waals surface area contributed by atoms with Gasteiger partial charge in [0, 0.05) is 14.2 Å². The highest BCUT2D eigenvalue weighted by molar-refractivity contribution is 4.51. The van der Waals surface area contributed by atoms with Gasteiger partial charge < -0.3 is 14.9 Å². The quantitative estimate of drug-likeness (QED) is 0.647. The van der Waals surface area contributed by atoms with Gasteiger partial charge in [0.2, 0.25) is 0 Å². The van der Waals surface area contributed by atoms with Crippen molar-refractivity contribution in [1.29, 1.82) is 0 Å². The summed E-state index contributed by atoms with van der Waals surface area (Å²) in [7, 11) is 3.56. The topological polar surface area (TPSA) is 49.7 Å². The van der Waals surface area contributed by atoms with Gasteiger partial charge in [0.15, 0.2) is 0 Å². The van der Waals surface area contributed by atoms with Crippen molar-refractivity contribution in [3.05, 3.63) is 12.8 Å². The first-order chi connectivity index (χ1) is 6.91. The lowest BCUT2D eigenvalue weighted by Gasteiger charge is -2.05. The molecule has 1 rings (SSSR count). The maximum absolute atomic E-state index is 7.00. The molecule has 3 nitrogen and oxygen atoms in total. The Balaban J connectivity index is -0.000000134. The lowest BCUT2D eigenvalue weighted by atomic mass is 10.0. The van der Waals surface area contributed by atoms with Gasteiger partial charge in [-0.25, -0.2) is 0 Å². The van der Waals surface area contributed by atoms with E-state index in [1.807, 2.05) is 0 Å². The van der Waals surface area contributed by atoms with Crippen LogP contribution in [0.15, 0.2) is 12.8 Å². The first-order valence-corrected chi connectivity index (χ1v) is 4.95. The number of hydrogen-bond acceptors (Lipinski definition) is 3. The van der Waals surface area contributed by atoms with Gasteiger partial charge in [-0.3, -0.25) is 0 Å². The number of methoxy groups -OCH3 is 1. The molecule has 0 atom stereocenters. The zero-order chi connectivity index (χ0) is 11.7. The minimum atomic E-state index is 1.00. The Kier molecular flexibility index (Phi) is 40.1. The van der Waals surface area contributed by atoms with Crippen molar-refractivity contribution in [2.24, 2.45) is 0 Å². The van der Waals surface area contributed by atoms with Gasteiger partial charge in [-0.05, 0) is 0 Å². The molecule has 1 fully saturated rings. The third-order valence-corrected chi connectivity index (χ3v) is 1.67. The number of ether oxygens (including phenoxy) is 1. The van der Waals surface area contributed by atoms with Gasteiger partial charge in [-0.1, -0.05) is 45.1 Å². The van der Waals surface area contributed by atoms with E-state index in [4.69, 9.17) is 10.2 Å². The van der Waals surface area contributed by atoms with E-state index in [0.29, 0.717) is 0 Å². The van der Waals surface area contributed by atoms with E-state index in [1.165, 1.54) is 44.8 Å². The summed E-state index contributed by atoms with van der Waals surface area (Å²) in [6.07, 6.45) is 10.4.